The van der Waals surface area contributed by atoms with Crippen LogP contribution in [0.4, 0.5) is 5.69 Å². The molecule has 0 radical (unpaired) electrons. The Morgan fingerprint density at radius 2 is 1.50 bits per heavy atom. The smallest absolute Gasteiger partial charge is 0.236 e. The maximum atomic E-state index is 12.5. The summed E-state index contributed by atoms with van der Waals surface area (Å²) in [5.74, 6) is -0.0626. The summed E-state index contributed by atoms with van der Waals surface area (Å²) in [6.07, 6.45) is 0. The van der Waals surface area contributed by atoms with Crippen LogP contribution in [0.2, 0.25) is 0 Å². The summed E-state index contributed by atoms with van der Waals surface area (Å²) in [4.78, 5) is 4.70. The van der Waals surface area contributed by atoms with Gasteiger partial charge in [0.25, 0.3) is 0 Å². The first-order chi connectivity index (χ1) is 13.6. The fourth-order valence-corrected chi connectivity index (χ4v) is 4.90. The van der Waals surface area contributed by atoms with Gasteiger partial charge >= 0.3 is 0 Å². The van der Waals surface area contributed by atoms with E-state index in [1.165, 1.54) is 0 Å². The Labute approximate surface area is 168 Å². The fraction of sp³-hybridized carbons (Fsp3) is 0.0455. The first-order valence-corrected chi connectivity index (χ1v) is 11.3. The van der Waals surface area contributed by atoms with Gasteiger partial charge in [0, 0.05) is 22.2 Å². The molecule has 0 aliphatic heterocycles. The first kappa shape index (κ1) is 18.4. The molecule has 28 heavy (non-hydrogen) atoms. The van der Waals surface area contributed by atoms with E-state index in [0.29, 0.717) is 5.69 Å². The normalized spacial score (nSPS) is 11.3. The minimum Gasteiger partial charge on any atom is -0.283 e. The molecule has 4 aromatic rings. The van der Waals surface area contributed by atoms with Gasteiger partial charge in [-0.3, -0.25) is 4.72 Å². The lowest BCUT2D eigenvalue weighted by atomic mass is 10.1. The molecule has 1 aromatic heterocycles. The molecule has 0 atom stereocenters. The van der Waals surface area contributed by atoms with Crippen LogP contribution in [0.3, 0.4) is 0 Å². The quantitative estimate of drug-likeness (QED) is 0.465. The average Bonchev–Trinajstić information content (AvgIpc) is 3.19. The van der Waals surface area contributed by atoms with Crippen molar-refractivity contribution in [3.63, 3.8) is 0 Å². The van der Waals surface area contributed by atoms with Gasteiger partial charge in [-0.2, -0.15) is 0 Å². The largest absolute Gasteiger partial charge is 0.283 e. The Bertz CT molecular complexity index is 1170. The van der Waals surface area contributed by atoms with Crippen molar-refractivity contribution in [1.82, 2.24) is 4.98 Å². The van der Waals surface area contributed by atoms with Crippen LogP contribution in [0, 0.1) is 0 Å². The van der Waals surface area contributed by atoms with Crippen LogP contribution in [0.25, 0.3) is 21.8 Å². The third kappa shape index (κ3) is 4.47. The molecule has 0 saturated carbocycles. The van der Waals surface area contributed by atoms with E-state index in [1.807, 2.05) is 72.1 Å². The van der Waals surface area contributed by atoms with Crippen LogP contribution in [0.1, 0.15) is 5.56 Å². The number of hydrogen-bond acceptors (Lipinski definition) is 4. The van der Waals surface area contributed by atoms with E-state index >= 15 is 0 Å². The summed E-state index contributed by atoms with van der Waals surface area (Å²) in [5, 5.41) is 2.92. The van der Waals surface area contributed by atoms with Gasteiger partial charge in [-0.05, 0) is 17.7 Å². The molecule has 0 unspecified atom stereocenters. The SMILES string of the molecule is O=S(=O)(Cc1ccccc1)Nc1cccc(-c2csc(-c3ccccc3)n2)c1. The van der Waals surface area contributed by atoms with Gasteiger partial charge in [0.1, 0.15) is 5.01 Å². The third-order valence-electron chi connectivity index (χ3n) is 4.16. The molecule has 6 heteroatoms. The highest BCUT2D eigenvalue weighted by Crippen LogP contribution is 2.30. The molecular formula is C22H18N2O2S2. The Morgan fingerprint density at radius 3 is 2.25 bits per heavy atom. The minimum absolute atomic E-state index is 0.0626. The summed E-state index contributed by atoms with van der Waals surface area (Å²) in [7, 11) is -3.49. The maximum Gasteiger partial charge on any atom is 0.236 e. The Morgan fingerprint density at radius 1 is 0.821 bits per heavy atom. The molecule has 4 rings (SSSR count). The number of hydrogen-bond donors (Lipinski definition) is 1. The number of thiazole rings is 1. The molecule has 0 bridgehead atoms. The molecule has 0 spiro atoms. The maximum absolute atomic E-state index is 12.5. The van der Waals surface area contributed by atoms with E-state index in [1.54, 1.807) is 29.5 Å². The van der Waals surface area contributed by atoms with Gasteiger partial charge in [-0.1, -0.05) is 72.8 Å². The summed E-state index contributed by atoms with van der Waals surface area (Å²) >= 11 is 1.57. The second-order valence-corrected chi connectivity index (χ2v) is 8.91. The average molecular weight is 407 g/mol. The van der Waals surface area contributed by atoms with Crippen LogP contribution in [0.15, 0.2) is 90.3 Å². The zero-order valence-electron chi connectivity index (χ0n) is 14.9. The lowest BCUT2D eigenvalue weighted by molar-refractivity contribution is 0.600. The van der Waals surface area contributed by atoms with Gasteiger partial charge in [0.15, 0.2) is 0 Å². The standard InChI is InChI=1S/C22H18N2O2S2/c25-28(26,16-17-8-3-1-4-9-17)24-20-13-7-12-19(14-20)21-15-27-22(23-21)18-10-5-2-6-11-18/h1-15,24H,16H2. The van der Waals surface area contributed by atoms with Crippen LogP contribution in [-0.4, -0.2) is 13.4 Å². The van der Waals surface area contributed by atoms with Gasteiger partial charge < -0.3 is 0 Å². The number of rotatable bonds is 6. The summed E-state index contributed by atoms with van der Waals surface area (Å²) in [5.41, 5.74) is 4.05. The predicted octanol–water partition coefficient (Wildman–Crippen LogP) is 5.42. The number of nitrogens with one attached hydrogen (secondary N) is 1. The number of sulfonamides is 1. The molecule has 0 amide bonds. The summed E-state index contributed by atoms with van der Waals surface area (Å²) < 4.78 is 27.6. The number of anilines is 1. The van der Waals surface area contributed by atoms with Crippen molar-refractivity contribution in [2.75, 3.05) is 4.72 Å². The third-order valence-corrected chi connectivity index (χ3v) is 6.31. The fourth-order valence-electron chi connectivity index (χ4n) is 2.87. The second-order valence-electron chi connectivity index (χ2n) is 6.33. The molecular weight excluding hydrogens is 388 g/mol. The second kappa shape index (κ2) is 7.96. The van der Waals surface area contributed by atoms with E-state index in [0.717, 1.165) is 27.4 Å². The van der Waals surface area contributed by atoms with Crippen LogP contribution in [-0.2, 0) is 15.8 Å². The lowest BCUT2D eigenvalue weighted by Gasteiger charge is -2.09. The van der Waals surface area contributed by atoms with E-state index < -0.39 is 10.0 Å². The van der Waals surface area contributed by atoms with Crippen molar-refractivity contribution in [3.8, 4) is 21.8 Å². The zero-order chi connectivity index (χ0) is 19.4. The van der Waals surface area contributed by atoms with Gasteiger partial charge in [-0.25, -0.2) is 13.4 Å². The van der Waals surface area contributed by atoms with Crippen molar-refractivity contribution >= 4 is 27.0 Å². The minimum atomic E-state index is -3.49. The van der Waals surface area contributed by atoms with Crippen molar-refractivity contribution in [2.24, 2.45) is 0 Å². The van der Waals surface area contributed by atoms with Crippen LogP contribution >= 0.6 is 11.3 Å². The van der Waals surface area contributed by atoms with Crippen molar-refractivity contribution in [3.05, 3.63) is 95.9 Å². The molecule has 140 valence electrons. The Kier molecular flexibility index (Phi) is 5.23. The lowest BCUT2D eigenvalue weighted by Crippen LogP contribution is -2.15. The van der Waals surface area contributed by atoms with Crippen molar-refractivity contribution in [1.29, 1.82) is 0 Å². The number of aromatic nitrogens is 1. The van der Waals surface area contributed by atoms with Crippen molar-refractivity contribution in [2.45, 2.75) is 5.75 Å². The highest BCUT2D eigenvalue weighted by molar-refractivity contribution is 7.91. The van der Waals surface area contributed by atoms with Gasteiger partial charge in [0.2, 0.25) is 10.0 Å². The topological polar surface area (TPSA) is 59.1 Å². The Hall–Kier alpha value is -2.96. The molecule has 3 aromatic carbocycles. The Balaban J connectivity index is 1.54. The van der Waals surface area contributed by atoms with Gasteiger partial charge in [0.05, 0.1) is 11.4 Å². The number of benzene rings is 3. The first-order valence-electron chi connectivity index (χ1n) is 8.75. The number of nitrogens with zero attached hydrogens (tertiary/aromatic N) is 1. The predicted molar refractivity (Wildman–Crippen MR) is 116 cm³/mol. The van der Waals surface area contributed by atoms with Crippen LogP contribution in [0.5, 0.6) is 0 Å². The highest BCUT2D eigenvalue weighted by Gasteiger charge is 2.13. The molecule has 1 N–H and O–H groups in total. The molecule has 0 aliphatic rings. The monoisotopic (exact) mass is 406 g/mol. The molecule has 0 saturated heterocycles. The van der Waals surface area contributed by atoms with E-state index in [9.17, 15) is 8.42 Å². The van der Waals surface area contributed by atoms with Gasteiger partial charge in [-0.15, -0.1) is 11.3 Å². The van der Waals surface area contributed by atoms with Crippen molar-refractivity contribution < 1.29 is 8.42 Å². The molecule has 4 nitrogen and oxygen atoms in total. The molecule has 0 fully saturated rings. The van der Waals surface area contributed by atoms with E-state index in [2.05, 4.69) is 4.72 Å². The molecule has 1 heterocycles. The van der Waals surface area contributed by atoms with Crippen LogP contribution < -0.4 is 4.72 Å². The zero-order valence-corrected chi connectivity index (χ0v) is 16.6. The highest BCUT2D eigenvalue weighted by atomic mass is 32.2. The van der Waals surface area contributed by atoms with E-state index in [-0.39, 0.29) is 5.75 Å². The summed E-state index contributed by atoms with van der Waals surface area (Å²) in [6, 6.07) is 26.4. The summed E-state index contributed by atoms with van der Waals surface area (Å²) in [6.45, 7) is 0. The van der Waals surface area contributed by atoms with E-state index in [4.69, 9.17) is 4.98 Å². The molecule has 0 aliphatic carbocycles.